The molecule has 2 fully saturated rings. The normalized spacial score (nSPS) is 22.3. The summed E-state index contributed by atoms with van der Waals surface area (Å²) in [7, 11) is 0. The average Bonchev–Trinajstić information content (AvgIpc) is 3.26. The second kappa shape index (κ2) is 8.61. The average molecular weight is 391 g/mol. The van der Waals surface area contributed by atoms with Gasteiger partial charge < -0.3 is 10.2 Å². The highest BCUT2D eigenvalue weighted by atomic mass is 16.2. The molecule has 1 aliphatic heterocycles. The van der Waals surface area contributed by atoms with Crippen molar-refractivity contribution in [3.63, 3.8) is 0 Å². The summed E-state index contributed by atoms with van der Waals surface area (Å²) in [5, 5.41) is 3.33. The zero-order valence-corrected chi connectivity index (χ0v) is 17.9. The minimum atomic E-state index is -0.362. The van der Waals surface area contributed by atoms with Gasteiger partial charge in [-0.05, 0) is 61.8 Å². The van der Waals surface area contributed by atoms with Gasteiger partial charge in [-0.25, -0.2) is 0 Å². The molecule has 1 N–H and O–H groups in total. The van der Waals surface area contributed by atoms with Crippen molar-refractivity contribution in [1.82, 2.24) is 5.32 Å². The van der Waals surface area contributed by atoms with Crippen LogP contribution in [0.15, 0.2) is 54.6 Å². The molecular formula is C26H34N2O. The Labute approximate surface area is 175 Å². The minimum absolute atomic E-state index is 0.0121. The fraction of sp³-hybridized carbons (Fsp3) is 0.500. The Balaban J connectivity index is 1.45. The zero-order chi connectivity index (χ0) is 20.3. The Hall–Kier alpha value is -2.29. The Bertz CT molecular complexity index is 808. The van der Waals surface area contributed by atoms with Crippen molar-refractivity contribution in [2.24, 2.45) is 5.92 Å². The lowest BCUT2D eigenvalue weighted by Gasteiger charge is -2.33. The molecule has 2 aliphatic rings. The fourth-order valence-electron chi connectivity index (χ4n) is 5.20. The van der Waals surface area contributed by atoms with Crippen LogP contribution >= 0.6 is 0 Å². The van der Waals surface area contributed by atoms with Crippen LogP contribution in [0.3, 0.4) is 0 Å². The maximum absolute atomic E-state index is 13.4. The number of hydrogen-bond acceptors (Lipinski definition) is 2. The molecule has 4 rings (SSSR count). The summed E-state index contributed by atoms with van der Waals surface area (Å²) < 4.78 is 0. The maximum atomic E-state index is 13.4. The first-order valence-corrected chi connectivity index (χ1v) is 11.3. The summed E-state index contributed by atoms with van der Waals surface area (Å²) in [5.74, 6) is 0.949. The summed E-state index contributed by atoms with van der Waals surface area (Å²) in [6.07, 6.45) is 6.75. The van der Waals surface area contributed by atoms with Crippen molar-refractivity contribution in [3.8, 4) is 0 Å². The highest BCUT2D eigenvalue weighted by molar-refractivity contribution is 5.89. The molecule has 1 aliphatic carbocycles. The number of amides is 1. The largest absolute Gasteiger partial charge is 0.371 e. The molecule has 1 saturated heterocycles. The van der Waals surface area contributed by atoms with Gasteiger partial charge in [0.05, 0.1) is 11.5 Å². The number of rotatable bonds is 5. The molecular weight excluding hydrogens is 356 g/mol. The van der Waals surface area contributed by atoms with Crippen LogP contribution in [-0.2, 0) is 10.2 Å². The smallest absolute Gasteiger partial charge is 0.231 e. The van der Waals surface area contributed by atoms with Crippen LogP contribution in [0.1, 0.15) is 69.5 Å². The van der Waals surface area contributed by atoms with Crippen LogP contribution in [0.25, 0.3) is 0 Å². The fourth-order valence-corrected chi connectivity index (χ4v) is 5.20. The summed E-state index contributed by atoms with van der Waals surface area (Å²) in [5.41, 5.74) is 3.28. The first-order chi connectivity index (χ1) is 14.1. The number of benzene rings is 2. The summed E-state index contributed by atoms with van der Waals surface area (Å²) in [4.78, 5) is 15.9. The van der Waals surface area contributed by atoms with Crippen molar-refractivity contribution >= 4 is 11.6 Å². The number of piperidine rings is 1. The molecule has 0 bridgehead atoms. The molecule has 3 nitrogen and oxygen atoms in total. The van der Waals surface area contributed by atoms with E-state index in [1.54, 1.807) is 0 Å². The number of carbonyl (C=O) groups excluding carboxylic acids is 1. The second-order valence-corrected chi connectivity index (χ2v) is 9.14. The molecule has 1 saturated carbocycles. The van der Waals surface area contributed by atoms with Crippen molar-refractivity contribution < 1.29 is 4.79 Å². The van der Waals surface area contributed by atoms with Crippen molar-refractivity contribution in [3.05, 3.63) is 65.7 Å². The second-order valence-electron chi connectivity index (χ2n) is 9.14. The van der Waals surface area contributed by atoms with Crippen LogP contribution < -0.4 is 10.2 Å². The molecule has 0 spiro atoms. The molecule has 0 radical (unpaired) electrons. The number of carbonyl (C=O) groups is 1. The molecule has 2 aromatic carbocycles. The molecule has 2 atom stereocenters. The van der Waals surface area contributed by atoms with E-state index in [1.165, 1.54) is 24.1 Å². The van der Waals surface area contributed by atoms with Crippen LogP contribution in [-0.4, -0.2) is 19.0 Å². The third kappa shape index (κ3) is 4.19. The van der Waals surface area contributed by atoms with Gasteiger partial charge in [0, 0.05) is 18.8 Å². The molecule has 1 amide bonds. The van der Waals surface area contributed by atoms with Crippen LogP contribution in [0, 0.1) is 5.92 Å². The number of nitrogens with one attached hydrogen (secondary N) is 1. The third-order valence-electron chi connectivity index (χ3n) is 6.98. The van der Waals surface area contributed by atoms with E-state index in [9.17, 15) is 4.79 Å². The topological polar surface area (TPSA) is 32.3 Å². The highest BCUT2D eigenvalue weighted by Gasteiger charge is 2.42. The standard InChI is InChI=1S/C26H34N2O/c1-20-9-8-18-28(19-20)24-14-12-22(13-15-24)21(2)27-25(29)26(16-6-7-17-26)23-10-4-3-5-11-23/h3-5,10-15,20-21H,6-9,16-19H2,1-2H3,(H,27,29)/t20-,21-/m1/s1. The number of nitrogens with zero attached hydrogens (tertiary/aromatic N) is 1. The molecule has 3 heteroatoms. The SMILES string of the molecule is C[C@@H]1CCCN(c2ccc([C@@H](C)NC(=O)C3(c4ccccc4)CCCC3)cc2)C1. The summed E-state index contributed by atoms with van der Waals surface area (Å²) in [6, 6.07) is 19.2. The van der Waals surface area contributed by atoms with Crippen molar-refractivity contribution in [2.75, 3.05) is 18.0 Å². The van der Waals surface area contributed by atoms with Gasteiger partial charge in [-0.3, -0.25) is 4.79 Å². The predicted octanol–water partition coefficient (Wildman–Crippen LogP) is 5.61. The molecule has 29 heavy (non-hydrogen) atoms. The Morgan fingerprint density at radius 1 is 1.03 bits per heavy atom. The molecule has 154 valence electrons. The first kappa shape index (κ1) is 20.0. The Morgan fingerprint density at radius 2 is 1.72 bits per heavy atom. The molecule has 1 heterocycles. The highest BCUT2D eigenvalue weighted by Crippen LogP contribution is 2.41. The third-order valence-corrected chi connectivity index (χ3v) is 6.98. The van der Waals surface area contributed by atoms with E-state index in [0.29, 0.717) is 0 Å². The quantitative estimate of drug-likeness (QED) is 0.719. The maximum Gasteiger partial charge on any atom is 0.231 e. The molecule has 0 unspecified atom stereocenters. The van der Waals surface area contributed by atoms with Gasteiger partial charge in [0.1, 0.15) is 0 Å². The molecule has 0 aromatic heterocycles. The lowest BCUT2D eigenvalue weighted by atomic mass is 9.77. The van der Waals surface area contributed by atoms with Crippen LogP contribution in [0.2, 0.25) is 0 Å². The van der Waals surface area contributed by atoms with Crippen molar-refractivity contribution in [1.29, 1.82) is 0 Å². The zero-order valence-electron chi connectivity index (χ0n) is 17.9. The summed E-state index contributed by atoms with van der Waals surface area (Å²) in [6.45, 7) is 6.73. The minimum Gasteiger partial charge on any atom is -0.371 e. The first-order valence-electron chi connectivity index (χ1n) is 11.3. The molecule has 2 aromatic rings. The van der Waals surface area contributed by atoms with E-state index in [0.717, 1.165) is 50.3 Å². The van der Waals surface area contributed by atoms with Crippen LogP contribution in [0.4, 0.5) is 5.69 Å². The van der Waals surface area contributed by atoms with Gasteiger partial charge in [0.15, 0.2) is 0 Å². The summed E-state index contributed by atoms with van der Waals surface area (Å²) >= 11 is 0. The Morgan fingerprint density at radius 3 is 2.38 bits per heavy atom. The van der Waals surface area contributed by atoms with Gasteiger partial charge in [-0.2, -0.15) is 0 Å². The lowest BCUT2D eigenvalue weighted by molar-refractivity contribution is -0.127. The van der Waals surface area contributed by atoms with Crippen molar-refractivity contribution in [2.45, 2.75) is 63.8 Å². The lowest BCUT2D eigenvalue weighted by Crippen LogP contribution is -2.43. The Kier molecular flexibility index (Phi) is 5.94. The number of hydrogen-bond donors (Lipinski definition) is 1. The van der Waals surface area contributed by atoms with Gasteiger partial charge in [-0.1, -0.05) is 62.2 Å². The van der Waals surface area contributed by atoms with E-state index < -0.39 is 0 Å². The van der Waals surface area contributed by atoms with Gasteiger partial charge in [-0.15, -0.1) is 0 Å². The van der Waals surface area contributed by atoms with Gasteiger partial charge in [0.2, 0.25) is 5.91 Å². The van der Waals surface area contributed by atoms with E-state index >= 15 is 0 Å². The monoisotopic (exact) mass is 390 g/mol. The van der Waals surface area contributed by atoms with Gasteiger partial charge in [0.25, 0.3) is 0 Å². The van der Waals surface area contributed by atoms with E-state index in [2.05, 4.69) is 60.5 Å². The van der Waals surface area contributed by atoms with E-state index in [-0.39, 0.29) is 17.4 Å². The van der Waals surface area contributed by atoms with E-state index in [4.69, 9.17) is 0 Å². The van der Waals surface area contributed by atoms with Crippen LogP contribution in [0.5, 0.6) is 0 Å². The van der Waals surface area contributed by atoms with E-state index in [1.807, 2.05) is 18.2 Å². The predicted molar refractivity (Wildman–Crippen MR) is 120 cm³/mol. The van der Waals surface area contributed by atoms with Gasteiger partial charge >= 0.3 is 0 Å². The number of anilines is 1.